The lowest BCUT2D eigenvalue weighted by Crippen LogP contribution is -2.17. The van der Waals surface area contributed by atoms with E-state index in [-0.39, 0.29) is 17.9 Å². The van der Waals surface area contributed by atoms with Crippen LogP contribution in [0.5, 0.6) is 5.75 Å². The Kier molecular flexibility index (Phi) is 2.83. The van der Waals surface area contributed by atoms with E-state index in [4.69, 9.17) is 9.94 Å². The largest absolute Gasteiger partial charge is 0.493 e. The van der Waals surface area contributed by atoms with Gasteiger partial charge in [0.05, 0.1) is 13.2 Å². The first kappa shape index (κ1) is 10.3. The molecule has 15 heavy (non-hydrogen) atoms. The fraction of sp³-hybridized carbons (Fsp3) is 0.400. The Labute approximate surface area is 85.6 Å². The van der Waals surface area contributed by atoms with Crippen LogP contribution in [0.25, 0.3) is 0 Å². The Hall–Kier alpha value is -1.20. The number of hydroxylamine groups is 1. The van der Waals surface area contributed by atoms with Crippen molar-refractivity contribution < 1.29 is 18.7 Å². The molecule has 0 spiro atoms. The molecule has 0 saturated carbocycles. The molecule has 0 unspecified atom stereocenters. The Morgan fingerprint density at radius 1 is 1.40 bits per heavy atom. The standard InChI is InChI=1S/C10H11F2NO2/c11-8-4-9(12)7(5-13-14)10-6(8)2-1-3-15-10/h4,13-14H,1-3,5H2. The molecule has 0 fully saturated rings. The molecule has 0 radical (unpaired) electrons. The Morgan fingerprint density at radius 3 is 2.93 bits per heavy atom. The van der Waals surface area contributed by atoms with Gasteiger partial charge in [-0.3, -0.25) is 0 Å². The van der Waals surface area contributed by atoms with E-state index in [2.05, 4.69) is 0 Å². The Morgan fingerprint density at radius 2 is 2.20 bits per heavy atom. The summed E-state index contributed by atoms with van der Waals surface area (Å²) in [5, 5.41) is 8.55. The highest BCUT2D eigenvalue weighted by Crippen LogP contribution is 2.33. The van der Waals surface area contributed by atoms with Crippen molar-refractivity contribution in [3.8, 4) is 5.75 Å². The van der Waals surface area contributed by atoms with Crippen molar-refractivity contribution in [2.75, 3.05) is 6.61 Å². The molecular weight excluding hydrogens is 204 g/mol. The van der Waals surface area contributed by atoms with Crippen molar-refractivity contribution in [1.82, 2.24) is 5.48 Å². The van der Waals surface area contributed by atoms with Crippen LogP contribution < -0.4 is 10.2 Å². The van der Waals surface area contributed by atoms with Gasteiger partial charge in [-0.1, -0.05) is 0 Å². The minimum Gasteiger partial charge on any atom is -0.493 e. The molecule has 0 aromatic heterocycles. The van der Waals surface area contributed by atoms with Crippen molar-refractivity contribution in [2.24, 2.45) is 0 Å². The summed E-state index contributed by atoms with van der Waals surface area (Å²) in [6.07, 6.45) is 1.27. The van der Waals surface area contributed by atoms with Crippen LogP contribution in [0.3, 0.4) is 0 Å². The fourth-order valence-electron chi connectivity index (χ4n) is 1.76. The lowest BCUT2D eigenvalue weighted by molar-refractivity contribution is 0.157. The maximum Gasteiger partial charge on any atom is 0.134 e. The average molecular weight is 215 g/mol. The number of ether oxygens (including phenoxy) is 1. The molecule has 1 aromatic rings. The Balaban J connectivity index is 2.53. The predicted molar refractivity (Wildman–Crippen MR) is 48.8 cm³/mol. The topological polar surface area (TPSA) is 41.5 Å². The first-order valence-corrected chi connectivity index (χ1v) is 4.73. The third-order valence-corrected chi connectivity index (χ3v) is 2.45. The van der Waals surface area contributed by atoms with E-state index in [0.29, 0.717) is 18.6 Å². The molecule has 5 heteroatoms. The summed E-state index contributed by atoms with van der Waals surface area (Å²) in [6.45, 7) is 0.364. The molecule has 2 N–H and O–H groups in total. The molecule has 3 nitrogen and oxygen atoms in total. The van der Waals surface area contributed by atoms with Crippen molar-refractivity contribution in [3.63, 3.8) is 0 Å². The molecule has 0 atom stereocenters. The van der Waals surface area contributed by atoms with E-state index in [0.717, 1.165) is 12.5 Å². The van der Waals surface area contributed by atoms with Crippen LogP contribution in [0.2, 0.25) is 0 Å². The molecule has 0 amide bonds. The summed E-state index contributed by atoms with van der Waals surface area (Å²) in [6, 6.07) is 0.834. The van der Waals surface area contributed by atoms with Crippen LogP contribution >= 0.6 is 0 Å². The molecule has 1 aromatic carbocycles. The van der Waals surface area contributed by atoms with E-state index < -0.39 is 11.6 Å². The highest BCUT2D eigenvalue weighted by Gasteiger charge is 2.22. The number of rotatable bonds is 2. The SMILES string of the molecule is ONCc1c(F)cc(F)c2c1OCCC2. The molecule has 1 heterocycles. The molecule has 1 aliphatic rings. The first-order chi connectivity index (χ1) is 7.24. The van der Waals surface area contributed by atoms with Gasteiger partial charge in [0, 0.05) is 17.2 Å². The molecule has 0 bridgehead atoms. The van der Waals surface area contributed by atoms with E-state index in [9.17, 15) is 8.78 Å². The van der Waals surface area contributed by atoms with Crippen LogP contribution in [-0.4, -0.2) is 11.8 Å². The van der Waals surface area contributed by atoms with Gasteiger partial charge in [-0.05, 0) is 12.8 Å². The lowest BCUT2D eigenvalue weighted by atomic mass is 10.0. The van der Waals surface area contributed by atoms with E-state index >= 15 is 0 Å². The number of fused-ring (bicyclic) bond motifs is 1. The monoisotopic (exact) mass is 215 g/mol. The van der Waals surface area contributed by atoms with E-state index in [1.54, 1.807) is 0 Å². The smallest absolute Gasteiger partial charge is 0.134 e. The van der Waals surface area contributed by atoms with E-state index in [1.165, 1.54) is 0 Å². The fourth-order valence-corrected chi connectivity index (χ4v) is 1.76. The van der Waals surface area contributed by atoms with Crippen molar-refractivity contribution in [2.45, 2.75) is 19.4 Å². The summed E-state index contributed by atoms with van der Waals surface area (Å²) < 4.78 is 31.9. The van der Waals surface area contributed by atoms with Crippen LogP contribution in [-0.2, 0) is 13.0 Å². The molecule has 82 valence electrons. The summed E-state index contributed by atoms with van der Waals surface area (Å²) in [7, 11) is 0. The molecule has 2 rings (SSSR count). The number of benzene rings is 1. The van der Waals surface area contributed by atoms with Gasteiger partial charge in [0.2, 0.25) is 0 Å². The van der Waals surface area contributed by atoms with Gasteiger partial charge in [0.25, 0.3) is 0 Å². The number of nitrogens with one attached hydrogen (secondary N) is 1. The van der Waals surface area contributed by atoms with Crippen molar-refractivity contribution >= 4 is 0 Å². The zero-order valence-corrected chi connectivity index (χ0v) is 8.02. The number of hydrogen-bond acceptors (Lipinski definition) is 3. The molecular formula is C10H11F2NO2. The average Bonchev–Trinajstić information content (AvgIpc) is 2.24. The summed E-state index contributed by atoms with van der Waals surface area (Å²) >= 11 is 0. The van der Waals surface area contributed by atoms with Gasteiger partial charge in [0.1, 0.15) is 17.4 Å². The highest BCUT2D eigenvalue weighted by molar-refractivity contribution is 5.44. The zero-order chi connectivity index (χ0) is 10.8. The van der Waals surface area contributed by atoms with Gasteiger partial charge < -0.3 is 9.94 Å². The third kappa shape index (κ3) is 1.80. The molecule has 0 aliphatic carbocycles. The second-order valence-corrected chi connectivity index (χ2v) is 3.41. The normalized spacial score (nSPS) is 14.6. The van der Waals surface area contributed by atoms with Crippen LogP contribution in [0, 0.1) is 11.6 Å². The molecule has 0 saturated heterocycles. The van der Waals surface area contributed by atoms with E-state index in [1.807, 2.05) is 5.48 Å². The van der Waals surface area contributed by atoms with Crippen molar-refractivity contribution in [3.05, 3.63) is 28.8 Å². The lowest BCUT2D eigenvalue weighted by Gasteiger charge is -2.21. The van der Waals surface area contributed by atoms with Gasteiger partial charge >= 0.3 is 0 Å². The van der Waals surface area contributed by atoms with Gasteiger partial charge in [-0.15, -0.1) is 0 Å². The number of halogens is 2. The predicted octanol–water partition coefficient (Wildman–Crippen LogP) is 1.77. The Bertz CT molecular complexity index is 382. The van der Waals surface area contributed by atoms with Crippen LogP contribution in [0.15, 0.2) is 6.07 Å². The second kappa shape index (κ2) is 4.12. The minimum absolute atomic E-state index is 0.0888. The summed E-state index contributed by atoms with van der Waals surface area (Å²) in [5.74, 6) is -1.04. The quantitative estimate of drug-likeness (QED) is 0.739. The zero-order valence-electron chi connectivity index (χ0n) is 8.02. The maximum atomic E-state index is 13.4. The molecule has 1 aliphatic heterocycles. The van der Waals surface area contributed by atoms with Gasteiger partial charge in [-0.25, -0.2) is 14.3 Å². The first-order valence-electron chi connectivity index (χ1n) is 4.73. The number of hydrogen-bond donors (Lipinski definition) is 2. The maximum absolute atomic E-state index is 13.4. The van der Waals surface area contributed by atoms with Gasteiger partial charge in [-0.2, -0.15) is 0 Å². The van der Waals surface area contributed by atoms with Crippen LogP contribution in [0.4, 0.5) is 8.78 Å². The summed E-state index contributed by atoms with van der Waals surface area (Å²) in [5.41, 5.74) is 2.42. The minimum atomic E-state index is -0.699. The summed E-state index contributed by atoms with van der Waals surface area (Å²) in [4.78, 5) is 0. The highest BCUT2D eigenvalue weighted by atomic mass is 19.1. The second-order valence-electron chi connectivity index (χ2n) is 3.41. The van der Waals surface area contributed by atoms with Crippen molar-refractivity contribution in [1.29, 1.82) is 0 Å². The third-order valence-electron chi connectivity index (χ3n) is 2.45. The van der Waals surface area contributed by atoms with Gasteiger partial charge in [0.15, 0.2) is 0 Å². The van der Waals surface area contributed by atoms with Crippen LogP contribution in [0.1, 0.15) is 17.5 Å².